The van der Waals surface area contributed by atoms with Gasteiger partial charge in [0, 0.05) is 12.8 Å². The van der Waals surface area contributed by atoms with Crippen LogP contribution in [0.2, 0.25) is 0 Å². The van der Waals surface area contributed by atoms with Gasteiger partial charge in [0.2, 0.25) is 0 Å². The molecule has 0 aliphatic heterocycles. The first-order chi connectivity index (χ1) is 27.2. The molecule has 0 rings (SSSR count). The summed E-state index contributed by atoms with van der Waals surface area (Å²) >= 11 is 0. The van der Waals surface area contributed by atoms with Gasteiger partial charge in [0.05, 0.1) is 46.1 Å². The molecule has 5 unspecified atom stereocenters. The fourth-order valence-electron chi connectivity index (χ4n) is 6.00. The number of rotatable bonds is 40. The molecule has 0 saturated heterocycles. The van der Waals surface area contributed by atoms with Crippen LogP contribution in [0.15, 0.2) is 24.3 Å². The number of unbranched alkanes of at least 4 members (excludes halogenated alkanes) is 17. The molecule has 0 amide bonds. The van der Waals surface area contributed by atoms with E-state index in [1.165, 1.54) is 57.1 Å². The molecular weight excluding hydrogens is 749 g/mol. The van der Waals surface area contributed by atoms with Gasteiger partial charge in [-0.2, -0.15) is 0 Å². The minimum Gasteiger partial charge on any atom is -0.462 e. The molecule has 0 saturated carbocycles. The first kappa shape index (κ1) is 55.4. The lowest BCUT2D eigenvalue weighted by Crippen LogP contribution is -2.37. The normalized spacial score (nSPS) is 15.5. The molecular formula is C44H85NO11P+. The largest absolute Gasteiger partial charge is 0.472 e. The highest BCUT2D eigenvalue weighted by Gasteiger charge is 2.27. The Morgan fingerprint density at radius 3 is 1.74 bits per heavy atom. The number of carbonyl (C=O) groups is 2. The second-order valence-electron chi connectivity index (χ2n) is 16.6. The monoisotopic (exact) mass is 835 g/mol. The first-order valence-corrected chi connectivity index (χ1v) is 23.8. The Bertz CT molecular complexity index is 1080. The summed E-state index contributed by atoms with van der Waals surface area (Å²) in [5.74, 6) is -0.941. The van der Waals surface area contributed by atoms with E-state index in [1.54, 1.807) is 0 Å². The molecule has 0 fully saturated rings. The Kier molecular flexibility index (Phi) is 35.2. The van der Waals surface area contributed by atoms with Crippen LogP contribution in [0, 0.1) is 0 Å². The van der Waals surface area contributed by atoms with Gasteiger partial charge in [-0.25, -0.2) is 4.57 Å². The van der Waals surface area contributed by atoms with Crippen LogP contribution in [0.1, 0.15) is 174 Å². The van der Waals surface area contributed by atoms with Gasteiger partial charge in [-0.3, -0.25) is 18.6 Å². The van der Waals surface area contributed by atoms with Crippen LogP contribution in [-0.4, -0.2) is 109 Å². The Morgan fingerprint density at radius 2 is 1.14 bits per heavy atom. The van der Waals surface area contributed by atoms with Gasteiger partial charge in [0.25, 0.3) is 0 Å². The van der Waals surface area contributed by atoms with Crippen molar-refractivity contribution in [3.8, 4) is 0 Å². The molecule has 0 radical (unpaired) electrons. The van der Waals surface area contributed by atoms with Gasteiger partial charge < -0.3 is 34.2 Å². The minimum atomic E-state index is -4.42. The summed E-state index contributed by atoms with van der Waals surface area (Å²) in [6.45, 7) is 4.04. The number of phosphoric acid groups is 1. The number of allylic oxidation sites excluding steroid dienone is 2. The SMILES string of the molecule is CCCCCCCC/C=C\CCCCCCCC(=O)OCC(COP(=O)(O)OCC[N+](C)(C)C)OC(=O)CCCCCCCC(O)/C=C/C(O)C(O)CCCCC. The van der Waals surface area contributed by atoms with E-state index in [-0.39, 0.29) is 26.1 Å². The van der Waals surface area contributed by atoms with Crippen molar-refractivity contribution in [3.05, 3.63) is 24.3 Å². The average Bonchev–Trinajstić information content (AvgIpc) is 3.15. The number of nitrogens with zero attached hydrogens (tertiary/aromatic N) is 1. The number of ether oxygens (including phenoxy) is 2. The molecule has 336 valence electrons. The maximum absolute atomic E-state index is 12.7. The summed E-state index contributed by atoms with van der Waals surface area (Å²) in [6, 6.07) is 0. The third-order valence-corrected chi connectivity index (χ3v) is 10.7. The van der Waals surface area contributed by atoms with Crippen LogP contribution in [-0.2, 0) is 32.7 Å². The highest BCUT2D eigenvalue weighted by molar-refractivity contribution is 7.47. The predicted molar refractivity (Wildman–Crippen MR) is 229 cm³/mol. The summed E-state index contributed by atoms with van der Waals surface area (Å²) in [4.78, 5) is 35.4. The van der Waals surface area contributed by atoms with Crippen molar-refractivity contribution in [2.45, 2.75) is 199 Å². The molecule has 0 bridgehead atoms. The third kappa shape index (κ3) is 38.3. The number of hydrogen-bond acceptors (Lipinski definition) is 10. The number of hydrogen-bond donors (Lipinski definition) is 4. The molecule has 4 N–H and O–H groups in total. The lowest BCUT2D eigenvalue weighted by molar-refractivity contribution is -0.870. The summed E-state index contributed by atoms with van der Waals surface area (Å²) in [6.07, 6.45) is 27.2. The van der Waals surface area contributed by atoms with Crippen LogP contribution in [0.25, 0.3) is 0 Å². The van der Waals surface area contributed by atoms with E-state index in [0.717, 1.165) is 77.0 Å². The summed E-state index contributed by atoms with van der Waals surface area (Å²) in [5.41, 5.74) is 0. The maximum atomic E-state index is 12.7. The van der Waals surface area contributed by atoms with Gasteiger partial charge >= 0.3 is 19.8 Å². The highest BCUT2D eigenvalue weighted by Crippen LogP contribution is 2.43. The van der Waals surface area contributed by atoms with Gasteiger partial charge in [0.1, 0.15) is 19.8 Å². The molecule has 57 heavy (non-hydrogen) atoms. The van der Waals surface area contributed by atoms with Gasteiger partial charge in [-0.05, 0) is 51.4 Å². The molecule has 13 heteroatoms. The Morgan fingerprint density at radius 1 is 0.632 bits per heavy atom. The number of aliphatic hydroxyl groups excluding tert-OH is 3. The number of esters is 2. The lowest BCUT2D eigenvalue weighted by atomic mass is 10.0. The first-order valence-electron chi connectivity index (χ1n) is 22.3. The van der Waals surface area contributed by atoms with E-state index in [4.69, 9.17) is 18.5 Å². The summed E-state index contributed by atoms with van der Waals surface area (Å²) < 4.78 is 34.1. The van der Waals surface area contributed by atoms with Crippen molar-refractivity contribution in [2.75, 3.05) is 47.5 Å². The number of quaternary nitrogens is 1. The van der Waals surface area contributed by atoms with E-state index >= 15 is 0 Å². The smallest absolute Gasteiger partial charge is 0.462 e. The average molecular weight is 835 g/mol. The van der Waals surface area contributed by atoms with Crippen molar-refractivity contribution in [3.63, 3.8) is 0 Å². The summed E-state index contributed by atoms with van der Waals surface area (Å²) in [7, 11) is 1.35. The standard InChI is InChI=1S/C44H84NO11P/c1-6-8-10-11-12-13-14-15-16-17-18-19-20-23-27-31-43(49)53-37-40(38-55-57(51,52)54-36-35-45(3,4)5)56-44(50)32-28-24-21-22-26-29-39(46)33-34-42(48)41(47)30-25-9-7-2/h15-16,33-34,39-42,46-48H,6-14,17-32,35-38H2,1-5H3/p+1/b16-15-,34-33+. The molecule has 5 atom stereocenters. The Hall–Kier alpha value is -1.63. The number of phosphoric ester groups is 1. The maximum Gasteiger partial charge on any atom is 0.472 e. The zero-order valence-corrected chi connectivity index (χ0v) is 37.6. The molecule has 0 spiro atoms. The molecule has 12 nitrogen and oxygen atoms in total. The Labute approximate surface area is 347 Å². The molecule has 0 aliphatic carbocycles. The van der Waals surface area contributed by atoms with Gasteiger partial charge in [-0.15, -0.1) is 0 Å². The molecule has 0 aromatic carbocycles. The van der Waals surface area contributed by atoms with Crippen molar-refractivity contribution in [1.82, 2.24) is 0 Å². The van der Waals surface area contributed by atoms with E-state index in [9.17, 15) is 34.4 Å². The molecule has 0 aliphatic rings. The van der Waals surface area contributed by atoms with Crippen LogP contribution in [0.3, 0.4) is 0 Å². The second-order valence-corrected chi connectivity index (χ2v) is 18.0. The molecule has 0 aromatic rings. The van der Waals surface area contributed by atoms with Crippen molar-refractivity contribution < 1.29 is 57.4 Å². The number of carbonyl (C=O) groups excluding carboxylic acids is 2. The lowest BCUT2D eigenvalue weighted by Gasteiger charge is -2.24. The van der Waals surface area contributed by atoms with Gasteiger partial charge in [0.15, 0.2) is 6.10 Å². The number of likely N-dealkylation sites (N-methyl/N-ethyl adjacent to an activating group) is 1. The zero-order valence-electron chi connectivity index (χ0n) is 36.7. The van der Waals surface area contributed by atoms with Crippen molar-refractivity contribution in [2.24, 2.45) is 0 Å². The second kappa shape index (κ2) is 36.2. The van der Waals surface area contributed by atoms with Crippen molar-refractivity contribution >= 4 is 19.8 Å². The fourth-order valence-corrected chi connectivity index (χ4v) is 6.74. The van der Waals surface area contributed by atoms with Gasteiger partial charge in [-0.1, -0.05) is 134 Å². The number of aliphatic hydroxyl groups is 3. The quantitative estimate of drug-likeness (QED) is 0.0153. The minimum absolute atomic E-state index is 0.00517. The van der Waals surface area contributed by atoms with E-state index in [2.05, 4.69) is 26.0 Å². The highest BCUT2D eigenvalue weighted by atomic mass is 31.2. The van der Waals surface area contributed by atoms with E-state index in [0.29, 0.717) is 36.7 Å². The summed E-state index contributed by atoms with van der Waals surface area (Å²) in [5, 5.41) is 30.3. The van der Waals surface area contributed by atoms with Crippen molar-refractivity contribution in [1.29, 1.82) is 0 Å². The van der Waals surface area contributed by atoms with E-state index < -0.39 is 50.8 Å². The predicted octanol–water partition coefficient (Wildman–Crippen LogP) is 9.27. The third-order valence-electron chi connectivity index (χ3n) is 9.72. The van der Waals surface area contributed by atoms with Crippen LogP contribution in [0.5, 0.6) is 0 Å². The Balaban J connectivity index is 4.52. The molecule has 0 heterocycles. The van der Waals surface area contributed by atoms with Crippen LogP contribution in [0.4, 0.5) is 0 Å². The fraction of sp³-hybridized carbons (Fsp3) is 0.864. The molecule has 0 aromatic heterocycles. The van der Waals surface area contributed by atoms with E-state index in [1.807, 2.05) is 21.1 Å². The topological polar surface area (TPSA) is 169 Å². The van der Waals surface area contributed by atoms with Crippen LogP contribution < -0.4 is 0 Å². The van der Waals surface area contributed by atoms with Crippen LogP contribution >= 0.6 is 7.82 Å². The zero-order chi connectivity index (χ0) is 42.6.